The zero-order valence-corrected chi connectivity index (χ0v) is 23.5. The Bertz CT molecular complexity index is 1820. The van der Waals surface area contributed by atoms with E-state index in [0.717, 1.165) is 28.6 Å². The molecule has 0 unspecified atom stereocenters. The summed E-state index contributed by atoms with van der Waals surface area (Å²) >= 11 is 0. The summed E-state index contributed by atoms with van der Waals surface area (Å²) in [6, 6.07) is 12.6. The number of hydrogen-bond donors (Lipinski definition) is 3. The Labute approximate surface area is 245 Å². The highest BCUT2D eigenvalue weighted by Gasteiger charge is 2.20. The van der Waals surface area contributed by atoms with E-state index in [1.165, 1.54) is 19.1 Å². The minimum Gasteiger partial charge on any atom is -0.378 e. The van der Waals surface area contributed by atoms with Gasteiger partial charge >= 0.3 is 6.03 Å². The van der Waals surface area contributed by atoms with Crippen LogP contribution < -0.4 is 20.9 Å². The number of anilines is 4. The molecule has 6 rings (SSSR count). The van der Waals surface area contributed by atoms with Crippen LogP contribution in [0.15, 0.2) is 67.1 Å². The van der Waals surface area contributed by atoms with Crippen molar-refractivity contribution < 1.29 is 18.7 Å². The van der Waals surface area contributed by atoms with Crippen molar-refractivity contribution in [2.75, 3.05) is 47.2 Å². The van der Waals surface area contributed by atoms with Gasteiger partial charge in [0.1, 0.15) is 11.3 Å². The molecule has 3 amide bonds. The number of aryl methyl sites for hydroxylation is 1. The molecule has 0 atom stereocenters. The molecule has 1 aliphatic rings. The summed E-state index contributed by atoms with van der Waals surface area (Å²) in [6.07, 6.45) is 5.52. The fraction of sp³-hybridized carbons (Fsp3) is 0.200. The Balaban J connectivity index is 1.24. The highest BCUT2D eigenvalue weighted by atomic mass is 19.1. The molecule has 0 aliphatic carbocycles. The van der Waals surface area contributed by atoms with Gasteiger partial charge in [-0.2, -0.15) is 5.10 Å². The van der Waals surface area contributed by atoms with Crippen molar-refractivity contribution in [3.05, 3.63) is 72.9 Å². The van der Waals surface area contributed by atoms with Crippen molar-refractivity contribution in [1.29, 1.82) is 0 Å². The first-order chi connectivity index (χ1) is 20.8. The summed E-state index contributed by atoms with van der Waals surface area (Å²) < 4.78 is 21.5. The molecule has 4 heterocycles. The van der Waals surface area contributed by atoms with Gasteiger partial charge in [0.15, 0.2) is 11.6 Å². The number of hydrogen-bond acceptors (Lipinski definition) is 8. The molecule has 0 bridgehead atoms. The van der Waals surface area contributed by atoms with E-state index in [1.807, 2.05) is 37.6 Å². The summed E-state index contributed by atoms with van der Waals surface area (Å²) in [7, 11) is 1.86. The number of nitrogens with one attached hydrogen (secondary N) is 3. The molecule has 0 radical (unpaired) electrons. The number of urea groups is 1. The predicted octanol–water partition coefficient (Wildman–Crippen LogP) is 4.67. The van der Waals surface area contributed by atoms with Gasteiger partial charge in [-0.3, -0.25) is 14.5 Å². The van der Waals surface area contributed by atoms with Gasteiger partial charge in [-0.15, -0.1) is 0 Å². The van der Waals surface area contributed by atoms with Crippen molar-refractivity contribution >= 4 is 45.9 Å². The molecule has 5 aromatic rings. The average Bonchev–Trinajstić information content (AvgIpc) is 3.44. The average molecular weight is 582 g/mol. The van der Waals surface area contributed by atoms with E-state index in [9.17, 15) is 14.0 Å². The van der Waals surface area contributed by atoms with Crippen LogP contribution >= 0.6 is 0 Å². The lowest BCUT2D eigenvalue weighted by molar-refractivity contribution is -0.114. The number of aromatic nitrogens is 5. The number of pyridine rings is 1. The normalized spacial score (nSPS) is 13.1. The summed E-state index contributed by atoms with van der Waals surface area (Å²) in [5, 5.41) is 12.0. The molecule has 12 nitrogen and oxygen atoms in total. The van der Waals surface area contributed by atoms with Crippen LogP contribution in [0.2, 0.25) is 0 Å². The molecule has 13 heteroatoms. The Kier molecular flexibility index (Phi) is 7.62. The number of benzene rings is 2. The van der Waals surface area contributed by atoms with Crippen molar-refractivity contribution in [1.82, 2.24) is 24.7 Å². The first-order valence-electron chi connectivity index (χ1n) is 13.6. The Morgan fingerprint density at radius 2 is 1.63 bits per heavy atom. The third-order valence-corrected chi connectivity index (χ3v) is 6.80. The topological polar surface area (TPSA) is 139 Å². The van der Waals surface area contributed by atoms with Crippen molar-refractivity contribution in [3.8, 4) is 22.5 Å². The van der Waals surface area contributed by atoms with Crippen LogP contribution in [-0.4, -0.2) is 63.0 Å². The lowest BCUT2D eigenvalue weighted by atomic mass is 10.1. The summed E-state index contributed by atoms with van der Waals surface area (Å²) in [4.78, 5) is 40.4. The van der Waals surface area contributed by atoms with Gasteiger partial charge in [0.05, 0.1) is 30.6 Å². The molecular formula is C30H28FN9O3. The van der Waals surface area contributed by atoms with Crippen LogP contribution in [-0.2, 0) is 16.6 Å². The van der Waals surface area contributed by atoms with Crippen molar-refractivity contribution in [2.24, 2.45) is 7.05 Å². The van der Waals surface area contributed by atoms with Crippen LogP contribution in [0.4, 0.5) is 32.1 Å². The van der Waals surface area contributed by atoms with Crippen molar-refractivity contribution in [2.45, 2.75) is 6.92 Å². The summed E-state index contributed by atoms with van der Waals surface area (Å²) in [5.41, 5.74) is 4.78. The van der Waals surface area contributed by atoms with E-state index in [2.05, 4.69) is 25.9 Å². The quantitative estimate of drug-likeness (QED) is 0.263. The van der Waals surface area contributed by atoms with Gasteiger partial charge in [0.2, 0.25) is 5.91 Å². The molecule has 1 saturated heterocycles. The fourth-order valence-corrected chi connectivity index (χ4v) is 4.74. The van der Waals surface area contributed by atoms with Crippen LogP contribution in [0.3, 0.4) is 0 Å². The standard InChI is InChI=1S/C30H28FN9O3/c1-18(41)34-25-8-7-23(14-24(25)31)36-30(42)35-22-5-3-19(4-6-22)28-37-26-13-20(21-16-33-39(2)17-21)15-32-27(26)29(38-28)40-9-11-43-12-10-40/h3-8,13-17H,9-12H2,1-2H3,(H,34,41)(H2,35,36,42). The fourth-order valence-electron chi connectivity index (χ4n) is 4.74. The predicted molar refractivity (Wildman–Crippen MR) is 161 cm³/mol. The van der Waals surface area contributed by atoms with Crippen LogP contribution in [0.5, 0.6) is 0 Å². The van der Waals surface area contributed by atoms with E-state index in [1.54, 1.807) is 23.0 Å². The molecule has 2 aromatic carbocycles. The van der Waals surface area contributed by atoms with Crippen LogP contribution in [0, 0.1) is 5.82 Å². The largest absolute Gasteiger partial charge is 0.378 e. The van der Waals surface area contributed by atoms with Gasteiger partial charge in [-0.05, 0) is 48.5 Å². The Morgan fingerprint density at radius 1 is 0.884 bits per heavy atom. The second-order valence-electron chi connectivity index (χ2n) is 10.00. The minimum atomic E-state index is -0.660. The number of halogens is 1. The number of fused-ring (bicyclic) bond motifs is 1. The van der Waals surface area contributed by atoms with E-state index >= 15 is 0 Å². The van der Waals surface area contributed by atoms with E-state index in [0.29, 0.717) is 48.8 Å². The molecule has 218 valence electrons. The highest BCUT2D eigenvalue weighted by molar-refractivity contribution is 6.00. The maximum Gasteiger partial charge on any atom is 0.323 e. The molecule has 0 spiro atoms. The molecular weight excluding hydrogens is 553 g/mol. The summed E-state index contributed by atoms with van der Waals surface area (Å²) in [5.74, 6) is 0.203. The van der Waals surface area contributed by atoms with E-state index in [4.69, 9.17) is 19.7 Å². The SMILES string of the molecule is CC(=O)Nc1ccc(NC(=O)Nc2ccc(-c3nc(N4CCOCC4)c4ncc(-c5cnn(C)c5)cc4n3)cc2)cc1F. The zero-order chi connectivity index (χ0) is 29.9. The Morgan fingerprint density at radius 3 is 2.33 bits per heavy atom. The van der Waals surface area contributed by atoms with E-state index in [-0.39, 0.29) is 11.4 Å². The number of rotatable bonds is 6. The highest BCUT2D eigenvalue weighted by Crippen LogP contribution is 2.30. The monoisotopic (exact) mass is 581 g/mol. The number of ether oxygens (including phenoxy) is 1. The van der Waals surface area contributed by atoms with Gasteiger partial charge in [0.25, 0.3) is 0 Å². The zero-order valence-electron chi connectivity index (χ0n) is 23.5. The number of morpholine rings is 1. The number of carbonyl (C=O) groups excluding carboxylic acids is 2. The van der Waals surface area contributed by atoms with Crippen LogP contribution in [0.25, 0.3) is 33.5 Å². The van der Waals surface area contributed by atoms with Gasteiger partial charge < -0.3 is 25.6 Å². The smallest absolute Gasteiger partial charge is 0.323 e. The molecule has 1 aliphatic heterocycles. The van der Waals surface area contributed by atoms with Crippen LogP contribution in [0.1, 0.15) is 6.92 Å². The minimum absolute atomic E-state index is 0.0332. The second-order valence-corrected chi connectivity index (χ2v) is 10.00. The van der Waals surface area contributed by atoms with Gasteiger partial charge in [0, 0.05) is 67.5 Å². The van der Waals surface area contributed by atoms with Crippen molar-refractivity contribution in [3.63, 3.8) is 0 Å². The van der Waals surface area contributed by atoms with Gasteiger partial charge in [-0.25, -0.2) is 19.2 Å². The lowest BCUT2D eigenvalue weighted by Gasteiger charge is -2.28. The van der Waals surface area contributed by atoms with E-state index < -0.39 is 17.8 Å². The maximum atomic E-state index is 14.2. The second kappa shape index (κ2) is 11.8. The lowest BCUT2D eigenvalue weighted by Crippen LogP contribution is -2.37. The molecule has 0 saturated carbocycles. The first-order valence-corrected chi connectivity index (χ1v) is 13.6. The molecule has 3 N–H and O–H groups in total. The molecule has 3 aromatic heterocycles. The Hall–Kier alpha value is -5.43. The number of amides is 3. The number of nitrogens with zero attached hydrogens (tertiary/aromatic N) is 6. The number of carbonyl (C=O) groups is 2. The third kappa shape index (κ3) is 6.26. The maximum absolute atomic E-state index is 14.2. The molecule has 43 heavy (non-hydrogen) atoms. The first kappa shape index (κ1) is 27.7. The van der Waals surface area contributed by atoms with Gasteiger partial charge in [-0.1, -0.05) is 0 Å². The third-order valence-electron chi connectivity index (χ3n) is 6.80. The molecule has 1 fully saturated rings. The summed E-state index contributed by atoms with van der Waals surface area (Å²) in [6.45, 7) is 3.87.